The molecule has 0 saturated heterocycles. The van der Waals surface area contributed by atoms with E-state index in [-0.39, 0.29) is 0 Å². The maximum atomic E-state index is 12.2. The lowest BCUT2D eigenvalue weighted by atomic mass is 10.1. The summed E-state index contributed by atoms with van der Waals surface area (Å²) in [6.45, 7) is 1.81. The summed E-state index contributed by atoms with van der Waals surface area (Å²) >= 11 is 0. The van der Waals surface area contributed by atoms with Crippen LogP contribution in [0.4, 0.5) is 0 Å². The number of allylic oxidation sites excluding steroid dienone is 1. The van der Waals surface area contributed by atoms with Crippen molar-refractivity contribution in [2.45, 2.75) is 6.92 Å². The Kier molecular flexibility index (Phi) is 4.07. The fraction of sp³-hybridized carbons (Fsp3) is 0.200. The van der Waals surface area contributed by atoms with Crippen molar-refractivity contribution < 1.29 is 9.90 Å². The van der Waals surface area contributed by atoms with Crippen LogP contribution in [0.5, 0.6) is 5.88 Å². The number of hydrogen-bond donors (Lipinski definition) is 1. The van der Waals surface area contributed by atoms with Crippen molar-refractivity contribution in [3.05, 3.63) is 62.1 Å². The van der Waals surface area contributed by atoms with E-state index >= 15 is 0 Å². The van der Waals surface area contributed by atoms with Crippen LogP contribution in [0.3, 0.4) is 0 Å². The lowest BCUT2D eigenvalue weighted by Crippen LogP contribution is -2.39. The van der Waals surface area contributed by atoms with Gasteiger partial charge in [0.25, 0.3) is 5.56 Å². The number of aromatic nitrogens is 3. The van der Waals surface area contributed by atoms with Gasteiger partial charge in [-0.3, -0.25) is 23.7 Å². The maximum Gasteiger partial charge on any atom is 0.333 e. The van der Waals surface area contributed by atoms with Gasteiger partial charge in [-0.1, -0.05) is 6.07 Å². The number of pyridine rings is 1. The first-order valence-electron chi connectivity index (χ1n) is 6.48. The van der Waals surface area contributed by atoms with E-state index < -0.39 is 28.5 Å². The van der Waals surface area contributed by atoms with Crippen molar-refractivity contribution in [2.24, 2.45) is 14.1 Å². The second-order valence-corrected chi connectivity index (χ2v) is 4.81. The molecule has 0 atom stereocenters. The Bertz CT molecular complexity index is 891. The Hall–Kier alpha value is -2.96. The third-order valence-electron chi connectivity index (χ3n) is 3.20. The molecule has 114 valence electrons. The number of carbonyl (C=O) groups excluding carboxylic acids is 1. The van der Waals surface area contributed by atoms with Crippen molar-refractivity contribution in [1.29, 1.82) is 0 Å². The van der Waals surface area contributed by atoms with Crippen LogP contribution in [0.25, 0.3) is 6.08 Å². The second kappa shape index (κ2) is 5.80. The number of carbonyl (C=O) groups is 1. The fourth-order valence-corrected chi connectivity index (χ4v) is 1.95. The van der Waals surface area contributed by atoms with Gasteiger partial charge in [0.05, 0.1) is 5.69 Å². The minimum atomic E-state index is -0.840. The van der Waals surface area contributed by atoms with Crippen LogP contribution in [0.15, 0.2) is 33.9 Å². The van der Waals surface area contributed by atoms with Crippen LogP contribution < -0.4 is 11.2 Å². The summed E-state index contributed by atoms with van der Waals surface area (Å²) in [6, 6.07) is 5.30. The van der Waals surface area contributed by atoms with E-state index in [0.717, 1.165) is 20.9 Å². The molecule has 2 aromatic heterocycles. The van der Waals surface area contributed by atoms with E-state index in [1.807, 2.05) is 13.0 Å². The molecule has 0 fully saturated rings. The van der Waals surface area contributed by atoms with Crippen LogP contribution in [-0.2, 0) is 14.1 Å². The Morgan fingerprint density at radius 1 is 1.23 bits per heavy atom. The van der Waals surface area contributed by atoms with E-state index in [1.54, 1.807) is 12.1 Å². The molecule has 0 unspecified atom stereocenters. The van der Waals surface area contributed by atoms with Gasteiger partial charge in [-0.15, -0.1) is 0 Å². The molecule has 0 radical (unpaired) electrons. The minimum Gasteiger partial charge on any atom is -0.494 e. The number of aryl methyl sites for hydroxylation is 1. The molecule has 0 saturated carbocycles. The quantitative estimate of drug-likeness (QED) is 0.653. The molecule has 0 aliphatic heterocycles. The zero-order valence-electron chi connectivity index (χ0n) is 12.4. The Labute approximate surface area is 125 Å². The highest BCUT2D eigenvalue weighted by molar-refractivity contribution is 6.07. The van der Waals surface area contributed by atoms with E-state index in [9.17, 15) is 19.5 Å². The predicted octanol–water partition coefficient (Wildman–Crippen LogP) is 0.389. The smallest absolute Gasteiger partial charge is 0.333 e. The lowest BCUT2D eigenvalue weighted by molar-refractivity contribution is 0.104. The summed E-state index contributed by atoms with van der Waals surface area (Å²) in [5.74, 6) is -1.35. The molecule has 7 nitrogen and oxygen atoms in total. The number of aromatic hydroxyl groups is 1. The third-order valence-corrected chi connectivity index (χ3v) is 3.20. The highest BCUT2D eigenvalue weighted by Gasteiger charge is 2.19. The zero-order chi connectivity index (χ0) is 16.4. The van der Waals surface area contributed by atoms with Gasteiger partial charge in [-0.05, 0) is 31.2 Å². The van der Waals surface area contributed by atoms with Gasteiger partial charge in [0.15, 0.2) is 5.78 Å². The largest absolute Gasteiger partial charge is 0.494 e. The fourth-order valence-electron chi connectivity index (χ4n) is 1.95. The van der Waals surface area contributed by atoms with Gasteiger partial charge in [0, 0.05) is 19.8 Å². The van der Waals surface area contributed by atoms with E-state index in [1.165, 1.54) is 20.2 Å². The topological polar surface area (TPSA) is 94.2 Å². The summed E-state index contributed by atoms with van der Waals surface area (Å²) in [4.78, 5) is 40.0. The predicted molar refractivity (Wildman–Crippen MR) is 80.9 cm³/mol. The number of ketones is 1. The first kappa shape index (κ1) is 15.4. The molecule has 2 rings (SSSR count). The van der Waals surface area contributed by atoms with Crippen molar-refractivity contribution in [3.8, 4) is 5.88 Å². The van der Waals surface area contributed by atoms with Gasteiger partial charge < -0.3 is 5.11 Å². The van der Waals surface area contributed by atoms with Gasteiger partial charge in [-0.2, -0.15) is 0 Å². The standard InChI is InChI=1S/C15H15N3O4/c1-9-5-4-6-10(16-9)7-8-11(19)12-13(20)17(2)15(22)18(3)14(12)21/h4-8,20H,1-3H3. The van der Waals surface area contributed by atoms with Gasteiger partial charge in [0.2, 0.25) is 5.88 Å². The first-order valence-corrected chi connectivity index (χ1v) is 6.48. The van der Waals surface area contributed by atoms with Crippen molar-refractivity contribution >= 4 is 11.9 Å². The normalized spacial score (nSPS) is 11.0. The second-order valence-electron chi connectivity index (χ2n) is 4.81. The van der Waals surface area contributed by atoms with Crippen LogP contribution >= 0.6 is 0 Å². The Balaban J connectivity index is 2.47. The minimum absolute atomic E-state index is 0.450. The number of rotatable bonds is 3. The highest BCUT2D eigenvalue weighted by Crippen LogP contribution is 2.11. The molecule has 0 aromatic carbocycles. The Morgan fingerprint density at radius 2 is 1.91 bits per heavy atom. The number of hydrogen-bond acceptors (Lipinski definition) is 5. The molecule has 2 aromatic rings. The summed E-state index contributed by atoms with van der Waals surface area (Å²) < 4.78 is 1.61. The van der Waals surface area contributed by atoms with E-state index in [0.29, 0.717) is 5.69 Å². The lowest BCUT2D eigenvalue weighted by Gasteiger charge is -2.07. The molecule has 2 heterocycles. The number of nitrogens with zero attached hydrogens (tertiary/aromatic N) is 3. The van der Waals surface area contributed by atoms with E-state index in [2.05, 4.69) is 4.98 Å². The van der Waals surface area contributed by atoms with Crippen LogP contribution in [0.1, 0.15) is 21.7 Å². The van der Waals surface area contributed by atoms with E-state index in [4.69, 9.17) is 0 Å². The molecular weight excluding hydrogens is 286 g/mol. The molecule has 0 spiro atoms. The molecule has 7 heteroatoms. The first-order chi connectivity index (χ1) is 10.3. The summed E-state index contributed by atoms with van der Waals surface area (Å²) in [7, 11) is 2.52. The average Bonchev–Trinajstić information content (AvgIpc) is 2.49. The third kappa shape index (κ3) is 2.73. The molecular formula is C15H15N3O4. The van der Waals surface area contributed by atoms with Crippen molar-refractivity contribution in [3.63, 3.8) is 0 Å². The van der Waals surface area contributed by atoms with Gasteiger partial charge in [-0.25, -0.2) is 4.79 Å². The van der Waals surface area contributed by atoms with Crippen molar-refractivity contribution in [1.82, 2.24) is 14.1 Å². The monoisotopic (exact) mass is 301 g/mol. The molecule has 22 heavy (non-hydrogen) atoms. The summed E-state index contributed by atoms with van der Waals surface area (Å²) in [5, 5.41) is 9.87. The van der Waals surface area contributed by atoms with Gasteiger partial charge in [0.1, 0.15) is 5.56 Å². The summed E-state index contributed by atoms with van der Waals surface area (Å²) in [5.41, 5.74) is -0.658. The van der Waals surface area contributed by atoms with Crippen molar-refractivity contribution in [2.75, 3.05) is 0 Å². The molecule has 0 bridgehead atoms. The molecule has 0 aliphatic carbocycles. The molecule has 0 aliphatic rings. The molecule has 1 N–H and O–H groups in total. The average molecular weight is 301 g/mol. The SMILES string of the molecule is Cc1cccc(C=CC(=O)c2c(O)n(C)c(=O)n(C)c2=O)n1. The maximum absolute atomic E-state index is 12.2. The summed E-state index contributed by atoms with van der Waals surface area (Å²) in [6.07, 6.45) is 2.59. The highest BCUT2D eigenvalue weighted by atomic mass is 16.3. The zero-order valence-corrected chi connectivity index (χ0v) is 12.4. The van der Waals surface area contributed by atoms with Gasteiger partial charge >= 0.3 is 5.69 Å². The molecule has 0 amide bonds. The van der Waals surface area contributed by atoms with Crippen LogP contribution in [0.2, 0.25) is 0 Å². The Morgan fingerprint density at radius 3 is 2.55 bits per heavy atom. The van der Waals surface area contributed by atoms with Crippen LogP contribution in [-0.4, -0.2) is 25.0 Å². The van der Waals surface area contributed by atoms with Crippen LogP contribution in [0, 0.1) is 6.92 Å².